The fourth-order valence-electron chi connectivity index (χ4n) is 1.03. The Hall–Kier alpha value is -0.740. The minimum absolute atomic E-state index is 0.0394. The molecular weight excluding hydrogens is 184 g/mol. The van der Waals surface area contributed by atoms with Gasteiger partial charge in [0.1, 0.15) is 5.75 Å². The molecule has 3 nitrogen and oxygen atoms in total. The van der Waals surface area contributed by atoms with E-state index in [1.807, 2.05) is 12.3 Å². The molecule has 0 aliphatic heterocycles. The zero-order chi connectivity index (χ0) is 9.68. The minimum Gasteiger partial charge on any atom is -0.495 e. The van der Waals surface area contributed by atoms with Crippen molar-refractivity contribution in [3.05, 3.63) is 24.0 Å². The highest BCUT2D eigenvalue weighted by atomic mass is 32.2. The van der Waals surface area contributed by atoms with Gasteiger partial charge in [-0.05, 0) is 17.9 Å². The number of aromatic nitrogens is 1. The Morgan fingerprint density at radius 3 is 3.00 bits per heavy atom. The van der Waals surface area contributed by atoms with Crippen molar-refractivity contribution >= 4 is 11.8 Å². The summed E-state index contributed by atoms with van der Waals surface area (Å²) in [6.45, 7) is 0. The van der Waals surface area contributed by atoms with E-state index in [1.54, 1.807) is 31.3 Å². The van der Waals surface area contributed by atoms with Crippen molar-refractivity contribution < 1.29 is 4.74 Å². The fraction of sp³-hybridized carbons (Fsp3) is 0.444. The molecule has 0 bridgehead atoms. The van der Waals surface area contributed by atoms with Crippen LogP contribution in [0.1, 0.15) is 11.6 Å². The predicted molar refractivity (Wildman–Crippen MR) is 56.1 cm³/mol. The molecule has 4 heteroatoms. The average Bonchev–Trinajstić information content (AvgIpc) is 2.18. The Labute approximate surface area is 82.7 Å². The summed E-state index contributed by atoms with van der Waals surface area (Å²) in [6.07, 6.45) is 5.49. The Morgan fingerprint density at radius 1 is 1.62 bits per heavy atom. The Kier molecular flexibility index (Phi) is 4.05. The Balaban J connectivity index is 2.75. The van der Waals surface area contributed by atoms with Crippen molar-refractivity contribution in [1.29, 1.82) is 0 Å². The lowest BCUT2D eigenvalue weighted by atomic mass is 10.1. The lowest BCUT2D eigenvalue weighted by Crippen LogP contribution is -2.13. The normalized spacial score (nSPS) is 12.5. The number of hydrogen-bond acceptors (Lipinski definition) is 4. The summed E-state index contributed by atoms with van der Waals surface area (Å²) in [5.74, 6) is 1.66. The van der Waals surface area contributed by atoms with Gasteiger partial charge in [-0.1, -0.05) is 0 Å². The quantitative estimate of drug-likeness (QED) is 0.795. The molecule has 0 saturated carbocycles. The van der Waals surface area contributed by atoms with Crippen LogP contribution in [0.5, 0.6) is 5.75 Å². The summed E-state index contributed by atoms with van der Waals surface area (Å²) in [5, 5.41) is 0. The molecule has 1 heterocycles. The van der Waals surface area contributed by atoms with Gasteiger partial charge in [-0.2, -0.15) is 11.8 Å². The molecule has 0 amide bonds. The van der Waals surface area contributed by atoms with Gasteiger partial charge >= 0.3 is 0 Å². The number of pyridine rings is 1. The minimum atomic E-state index is 0.0394. The number of thioether (sulfide) groups is 1. The Morgan fingerprint density at radius 2 is 2.38 bits per heavy atom. The van der Waals surface area contributed by atoms with E-state index < -0.39 is 0 Å². The van der Waals surface area contributed by atoms with Gasteiger partial charge in [0.2, 0.25) is 0 Å². The molecular formula is C9H14N2OS. The van der Waals surface area contributed by atoms with Crippen molar-refractivity contribution in [2.45, 2.75) is 6.04 Å². The third kappa shape index (κ3) is 2.90. The second kappa shape index (κ2) is 5.09. The molecule has 2 N–H and O–H groups in total. The highest BCUT2D eigenvalue weighted by Crippen LogP contribution is 2.17. The zero-order valence-corrected chi connectivity index (χ0v) is 8.67. The van der Waals surface area contributed by atoms with Crippen molar-refractivity contribution in [2.24, 2.45) is 5.73 Å². The molecule has 72 valence electrons. The van der Waals surface area contributed by atoms with E-state index in [1.165, 1.54) is 0 Å². The number of nitrogens with zero attached hydrogens (tertiary/aromatic N) is 1. The van der Waals surface area contributed by atoms with Crippen LogP contribution in [-0.2, 0) is 0 Å². The third-order valence-corrected chi connectivity index (χ3v) is 2.44. The maximum absolute atomic E-state index is 5.91. The standard InChI is InChI=1S/C9H14N2OS/c1-12-8-3-7(4-11-5-8)9(10)6-13-2/h3-5,9H,6,10H2,1-2H3. The second-order valence-corrected chi connectivity index (χ2v) is 3.63. The summed E-state index contributed by atoms with van der Waals surface area (Å²) in [4.78, 5) is 4.04. The predicted octanol–water partition coefficient (Wildman–Crippen LogP) is 1.45. The van der Waals surface area contributed by atoms with Gasteiger partial charge in [0.15, 0.2) is 0 Å². The molecule has 0 aromatic carbocycles. The van der Waals surface area contributed by atoms with Gasteiger partial charge in [0.25, 0.3) is 0 Å². The number of ether oxygens (including phenoxy) is 1. The molecule has 0 aliphatic carbocycles. The van der Waals surface area contributed by atoms with Crippen LogP contribution in [0.3, 0.4) is 0 Å². The first-order chi connectivity index (χ1) is 6.27. The summed E-state index contributed by atoms with van der Waals surface area (Å²) in [7, 11) is 1.63. The first kappa shape index (κ1) is 10.3. The van der Waals surface area contributed by atoms with Crippen molar-refractivity contribution in [1.82, 2.24) is 4.98 Å². The highest BCUT2D eigenvalue weighted by molar-refractivity contribution is 7.98. The topological polar surface area (TPSA) is 48.1 Å². The van der Waals surface area contributed by atoms with Crippen LogP contribution in [0.4, 0.5) is 0 Å². The number of nitrogens with two attached hydrogens (primary N) is 1. The number of hydrogen-bond donors (Lipinski definition) is 1. The van der Waals surface area contributed by atoms with Crippen LogP contribution in [0.15, 0.2) is 18.5 Å². The molecule has 0 spiro atoms. The van der Waals surface area contributed by atoms with E-state index in [-0.39, 0.29) is 6.04 Å². The number of methoxy groups -OCH3 is 1. The fourth-order valence-corrected chi connectivity index (χ4v) is 1.58. The van der Waals surface area contributed by atoms with E-state index >= 15 is 0 Å². The summed E-state index contributed by atoms with van der Waals surface area (Å²) < 4.78 is 5.06. The zero-order valence-electron chi connectivity index (χ0n) is 7.86. The highest BCUT2D eigenvalue weighted by Gasteiger charge is 2.05. The van der Waals surface area contributed by atoms with E-state index in [0.717, 1.165) is 17.1 Å². The van der Waals surface area contributed by atoms with Crippen LogP contribution < -0.4 is 10.5 Å². The van der Waals surface area contributed by atoms with E-state index in [0.29, 0.717) is 0 Å². The van der Waals surface area contributed by atoms with Crippen LogP contribution in [-0.4, -0.2) is 24.1 Å². The van der Waals surface area contributed by atoms with Crippen molar-refractivity contribution in [3.63, 3.8) is 0 Å². The lowest BCUT2D eigenvalue weighted by molar-refractivity contribution is 0.412. The lowest BCUT2D eigenvalue weighted by Gasteiger charge is -2.10. The average molecular weight is 198 g/mol. The van der Waals surface area contributed by atoms with Crippen LogP contribution >= 0.6 is 11.8 Å². The molecule has 1 unspecified atom stereocenters. The van der Waals surface area contributed by atoms with Gasteiger partial charge < -0.3 is 10.5 Å². The van der Waals surface area contributed by atoms with E-state index in [2.05, 4.69) is 4.98 Å². The monoisotopic (exact) mass is 198 g/mol. The first-order valence-corrected chi connectivity index (χ1v) is 5.40. The van der Waals surface area contributed by atoms with E-state index in [9.17, 15) is 0 Å². The molecule has 0 saturated heterocycles. The van der Waals surface area contributed by atoms with Gasteiger partial charge in [-0.15, -0.1) is 0 Å². The van der Waals surface area contributed by atoms with Gasteiger partial charge in [0, 0.05) is 18.0 Å². The largest absolute Gasteiger partial charge is 0.495 e. The van der Waals surface area contributed by atoms with Gasteiger partial charge in [0.05, 0.1) is 13.3 Å². The van der Waals surface area contributed by atoms with Gasteiger partial charge in [-0.25, -0.2) is 0 Å². The molecule has 0 fully saturated rings. The number of rotatable bonds is 4. The van der Waals surface area contributed by atoms with Crippen LogP contribution in [0.25, 0.3) is 0 Å². The van der Waals surface area contributed by atoms with Crippen LogP contribution in [0.2, 0.25) is 0 Å². The molecule has 1 rings (SSSR count). The summed E-state index contributed by atoms with van der Waals surface area (Å²) in [5.41, 5.74) is 6.93. The maximum Gasteiger partial charge on any atom is 0.137 e. The van der Waals surface area contributed by atoms with Crippen LogP contribution in [0, 0.1) is 0 Å². The third-order valence-electron chi connectivity index (χ3n) is 1.74. The molecule has 13 heavy (non-hydrogen) atoms. The molecule has 0 radical (unpaired) electrons. The smallest absolute Gasteiger partial charge is 0.137 e. The molecule has 1 atom stereocenters. The van der Waals surface area contributed by atoms with Gasteiger partial charge in [-0.3, -0.25) is 4.98 Å². The summed E-state index contributed by atoms with van der Waals surface area (Å²) in [6, 6.07) is 1.96. The molecule has 1 aromatic heterocycles. The molecule has 0 aliphatic rings. The van der Waals surface area contributed by atoms with E-state index in [4.69, 9.17) is 10.5 Å². The Bertz CT molecular complexity index is 268. The van der Waals surface area contributed by atoms with Crippen molar-refractivity contribution in [2.75, 3.05) is 19.1 Å². The second-order valence-electron chi connectivity index (χ2n) is 2.72. The molecule has 1 aromatic rings. The first-order valence-electron chi connectivity index (χ1n) is 4.01. The summed E-state index contributed by atoms with van der Waals surface area (Å²) >= 11 is 1.72. The van der Waals surface area contributed by atoms with Crippen molar-refractivity contribution in [3.8, 4) is 5.75 Å². The maximum atomic E-state index is 5.91. The SMILES string of the molecule is COc1cncc(C(N)CSC)c1.